The van der Waals surface area contributed by atoms with Crippen LogP contribution in [0, 0.1) is 0 Å². The molecule has 22 heavy (non-hydrogen) atoms. The molecule has 2 aliphatic heterocycles. The summed E-state index contributed by atoms with van der Waals surface area (Å²) in [5.41, 5.74) is 2.85. The first-order valence-electron chi connectivity index (χ1n) is 7.03. The molecule has 2 aromatic rings. The highest BCUT2D eigenvalue weighted by Gasteiger charge is 2.35. The molecule has 0 amide bonds. The maximum absolute atomic E-state index is 10.3. The number of halogens is 1. The highest BCUT2D eigenvalue weighted by Crippen LogP contribution is 2.28. The van der Waals surface area contributed by atoms with Crippen LogP contribution in [0.15, 0.2) is 42.6 Å². The SMILES string of the molecule is Cl.OC1NC(c2ccc(C3(O)CNC3)cc2)=Cn2cccc21. The lowest BCUT2D eigenvalue weighted by Crippen LogP contribution is -2.56. The average molecular weight is 320 g/mol. The fourth-order valence-corrected chi connectivity index (χ4v) is 2.84. The van der Waals surface area contributed by atoms with Gasteiger partial charge in [-0.1, -0.05) is 24.3 Å². The van der Waals surface area contributed by atoms with E-state index in [0.29, 0.717) is 13.1 Å². The maximum atomic E-state index is 10.3. The monoisotopic (exact) mass is 319 g/mol. The largest absolute Gasteiger partial charge is 0.382 e. The Bertz CT molecular complexity index is 704. The third kappa shape index (κ3) is 2.32. The lowest BCUT2D eigenvalue weighted by molar-refractivity contribution is -0.0146. The van der Waals surface area contributed by atoms with Crippen LogP contribution >= 0.6 is 12.4 Å². The normalized spacial score (nSPS) is 21.7. The number of nitrogens with one attached hydrogen (secondary N) is 2. The minimum Gasteiger partial charge on any atom is -0.382 e. The molecule has 116 valence electrons. The molecule has 5 nitrogen and oxygen atoms in total. The number of fused-ring (bicyclic) bond motifs is 1. The van der Waals surface area contributed by atoms with Crippen LogP contribution in [0.4, 0.5) is 0 Å². The number of hydrogen-bond acceptors (Lipinski definition) is 4. The Balaban J connectivity index is 0.00000144. The van der Waals surface area contributed by atoms with Gasteiger partial charge in [0.25, 0.3) is 0 Å². The maximum Gasteiger partial charge on any atom is 0.166 e. The van der Waals surface area contributed by atoms with Crippen LogP contribution in [-0.4, -0.2) is 27.9 Å². The summed E-state index contributed by atoms with van der Waals surface area (Å²) in [5.74, 6) is 0. The molecule has 1 unspecified atom stereocenters. The molecule has 3 heterocycles. The van der Waals surface area contributed by atoms with Crippen molar-refractivity contribution in [3.05, 3.63) is 59.4 Å². The molecule has 1 atom stereocenters. The molecule has 1 saturated heterocycles. The van der Waals surface area contributed by atoms with Crippen molar-refractivity contribution >= 4 is 24.3 Å². The van der Waals surface area contributed by atoms with Gasteiger partial charge in [0, 0.05) is 25.5 Å². The molecule has 1 fully saturated rings. The van der Waals surface area contributed by atoms with Crippen LogP contribution in [0.1, 0.15) is 23.0 Å². The molecule has 0 spiro atoms. The summed E-state index contributed by atoms with van der Waals surface area (Å²) in [6.45, 7) is 1.19. The lowest BCUT2D eigenvalue weighted by atomic mass is 9.87. The Morgan fingerprint density at radius 3 is 2.50 bits per heavy atom. The summed E-state index contributed by atoms with van der Waals surface area (Å²) in [5, 5.41) is 26.5. The second-order valence-corrected chi connectivity index (χ2v) is 5.64. The first kappa shape index (κ1) is 15.1. The van der Waals surface area contributed by atoms with Crippen molar-refractivity contribution in [2.45, 2.75) is 11.8 Å². The third-order valence-electron chi connectivity index (χ3n) is 4.22. The second kappa shape index (κ2) is 5.44. The number of nitrogens with zero attached hydrogens (tertiary/aromatic N) is 1. The number of aliphatic hydroxyl groups is 2. The summed E-state index contributed by atoms with van der Waals surface area (Å²) in [4.78, 5) is 0. The van der Waals surface area contributed by atoms with Crippen molar-refractivity contribution in [3.8, 4) is 0 Å². The van der Waals surface area contributed by atoms with E-state index >= 15 is 0 Å². The number of benzene rings is 1. The zero-order valence-corrected chi connectivity index (χ0v) is 12.7. The molecule has 4 N–H and O–H groups in total. The number of β-amino-alcohol motifs (C(OH)–C–C–N with tert-alkyl or cyclic N) is 1. The zero-order chi connectivity index (χ0) is 14.4. The van der Waals surface area contributed by atoms with E-state index in [0.717, 1.165) is 22.5 Å². The van der Waals surface area contributed by atoms with Crippen molar-refractivity contribution in [1.29, 1.82) is 0 Å². The molecule has 0 bridgehead atoms. The number of rotatable bonds is 2. The van der Waals surface area contributed by atoms with Gasteiger partial charge in [-0.15, -0.1) is 12.4 Å². The predicted octanol–water partition coefficient (Wildman–Crippen LogP) is 1.25. The van der Waals surface area contributed by atoms with Crippen molar-refractivity contribution in [2.75, 3.05) is 13.1 Å². The first-order valence-corrected chi connectivity index (χ1v) is 7.03. The van der Waals surface area contributed by atoms with Gasteiger partial charge >= 0.3 is 0 Å². The number of aromatic nitrogens is 1. The minimum atomic E-state index is -0.736. The molecule has 0 aliphatic carbocycles. The fraction of sp³-hybridized carbons (Fsp3) is 0.250. The zero-order valence-electron chi connectivity index (χ0n) is 11.9. The van der Waals surface area contributed by atoms with Gasteiger partial charge in [0.2, 0.25) is 0 Å². The topological polar surface area (TPSA) is 69.4 Å². The van der Waals surface area contributed by atoms with Crippen molar-refractivity contribution in [1.82, 2.24) is 15.2 Å². The summed E-state index contributed by atoms with van der Waals surface area (Å²) >= 11 is 0. The Morgan fingerprint density at radius 1 is 1.14 bits per heavy atom. The Hall–Kier alpha value is -1.79. The Kier molecular flexibility index (Phi) is 3.74. The van der Waals surface area contributed by atoms with Gasteiger partial charge in [-0.3, -0.25) is 0 Å². The van der Waals surface area contributed by atoms with Crippen LogP contribution in [0.25, 0.3) is 11.9 Å². The van der Waals surface area contributed by atoms with Gasteiger partial charge in [-0.2, -0.15) is 0 Å². The summed E-state index contributed by atoms with van der Waals surface area (Å²) < 4.78 is 1.91. The van der Waals surface area contributed by atoms with Crippen molar-refractivity contribution in [3.63, 3.8) is 0 Å². The minimum absolute atomic E-state index is 0. The molecule has 0 saturated carbocycles. The predicted molar refractivity (Wildman–Crippen MR) is 87.2 cm³/mol. The molecule has 1 aromatic heterocycles. The van der Waals surface area contributed by atoms with E-state index in [1.165, 1.54) is 0 Å². The summed E-state index contributed by atoms with van der Waals surface area (Å²) in [6, 6.07) is 11.6. The third-order valence-corrected chi connectivity index (χ3v) is 4.22. The van der Waals surface area contributed by atoms with Crippen molar-refractivity contribution < 1.29 is 10.2 Å². The summed E-state index contributed by atoms with van der Waals surface area (Å²) in [6.07, 6.45) is 3.16. The number of hydrogen-bond donors (Lipinski definition) is 4. The summed E-state index contributed by atoms with van der Waals surface area (Å²) in [7, 11) is 0. The van der Waals surface area contributed by atoms with Gasteiger partial charge in [-0.05, 0) is 23.3 Å². The average Bonchev–Trinajstić information content (AvgIpc) is 2.94. The van der Waals surface area contributed by atoms with Gasteiger partial charge in [0.15, 0.2) is 6.23 Å². The van der Waals surface area contributed by atoms with Gasteiger partial charge in [-0.25, -0.2) is 0 Å². The van der Waals surface area contributed by atoms with E-state index in [-0.39, 0.29) is 12.4 Å². The van der Waals surface area contributed by atoms with Gasteiger partial charge in [0.1, 0.15) is 5.60 Å². The van der Waals surface area contributed by atoms with Crippen LogP contribution < -0.4 is 10.6 Å². The van der Waals surface area contributed by atoms with E-state index in [9.17, 15) is 10.2 Å². The Labute approximate surface area is 134 Å². The van der Waals surface area contributed by atoms with Crippen LogP contribution in [-0.2, 0) is 5.60 Å². The molecule has 6 heteroatoms. The van der Waals surface area contributed by atoms with Crippen molar-refractivity contribution in [2.24, 2.45) is 0 Å². The van der Waals surface area contributed by atoms with Gasteiger partial charge in [0.05, 0.1) is 11.4 Å². The molecular formula is C16H18ClN3O2. The van der Waals surface area contributed by atoms with E-state index in [4.69, 9.17) is 0 Å². The molecule has 2 aliphatic rings. The second-order valence-electron chi connectivity index (χ2n) is 5.64. The number of aliphatic hydroxyl groups excluding tert-OH is 1. The lowest BCUT2D eigenvalue weighted by Gasteiger charge is -2.38. The molecule has 0 radical (unpaired) electrons. The van der Waals surface area contributed by atoms with E-state index < -0.39 is 11.8 Å². The quantitative estimate of drug-likeness (QED) is 0.672. The molecular weight excluding hydrogens is 302 g/mol. The standard InChI is InChI=1S/C16H17N3O2.ClH/c20-15-14-2-1-7-19(14)8-13(18-15)11-3-5-12(6-4-11)16(21)9-17-10-16;/h1-8,15,17-18,20-21H,9-10H2;1H. The first-order chi connectivity index (χ1) is 10.2. The van der Waals surface area contributed by atoms with Crippen LogP contribution in [0.5, 0.6) is 0 Å². The fourth-order valence-electron chi connectivity index (χ4n) is 2.84. The Morgan fingerprint density at radius 2 is 1.86 bits per heavy atom. The van der Waals surface area contributed by atoms with E-state index in [2.05, 4.69) is 10.6 Å². The van der Waals surface area contributed by atoms with Gasteiger partial charge < -0.3 is 25.4 Å². The smallest absolute Gasteiger partial charge is 0.166 e. The highest BCUT2D eigenvalue weighted by atomic mass is 35.5. The highest BCUT2D eigenvalue weighted by molar-refractivity contribution is 5.85. The van der Waals surface area contributed by atoms with Crippen LogP contribution in [0.2, 0.25) is 0 Å². The molecule has 4 rings (SSSR count). The van der Waals surface area contributed by atoms with E-state index in [1.54, 1.807) is 0 Å². The van der Waals surface area contributed by atoms with Crippen LogP contribution in [0.3, 0.4) is 0 Å². The molecule has 1 aromatic carbocycles. The van der Waals surface area contributed by atoms with E-state index in [1.807, 2.05) is 53.4 Å².